The lowest BCUT2D eigenvalue weighted by Crippen LogP contribution is -2.12. The van der Waals surface area contributed by atoms with Crippen LogP contribution in [0.4, 0.5) is 5.69 Å². The molecule has 5 nitrogen and oxygen atoms in total. The van der Waals surface area contributed by atoms with Crippen LogP contribution in [-0.4, -0.2) is 25.1 Å². The summed E-state index contributed by atoms with van der Waals surface area (Å²) in [5.74, 6) is 0.438. The quantitative estimate of drug-likeness (QED) is 0.438. The Morgan fingerprint density at radius 3 is 2.29 bits per heavy atom. The molecule has 1 amide bonds. The van der Waals surface area contributed by atoms with Crippen molar-refractivity contribution in [2.24, 2.45) is 0 Å². The maximum atomic E-state index is 12.1. The zero-order chi connectivity index (χ0) is 20.2. The van der Waals surface area contributed by atoms with Gasteiger partial charge in [-0.25, -0.2) is 4.79 Å². The Balaban J connectivity index is 1.76. The second-order valence-electron chi connectivity index (χ2n) is 6.55. The van der Waals surface area contributed by atoms with Gasteiger partial charge in [0.05, 0.1) is 18.8 Å². The largest absolute Gasteiger partial charge is 0.494 e. The number of hydrogen-bond acceptors (Lipinski definition) is 4. The fourth-order valence-corrected chi connectivity index (χ4v) is 2.69. The summed E-state index contributed by atoms with van der Waals surface area (Å²) in [7, 11) is 0. The van der Waals surface area contributed by atoms with E-state index in [0.717, 1.165) is 30.6 Å². The van der Waals surface area contributed by atoms with E-state index in [0.29, 0.717) is 37.3 Å². The molecule has 0 aliphatic carbocycles. The molecule has 0 heterocycles. The minimum atomic E-state index is -0.329. The summed E-state index contributed by atoms with van der Waals surface area (Å²) in [5.41, 5.74) is 2.24. The Bertz CT molecular complexity index is 738. The smallest absolute Gasteiger partial charge is 0.338 e. The highest BCUT2D eigenvalue weighted by Crippen LogP contribution is 2.15. The summed E-state index contributed by atoms with van der Waals surface area (Å²) in [6.45, 7) is 5.13. The summed E-state index contributed by atoms with van der Waals surface area (Å²) < 4.78 is 10.6. The van der Waals surface area contributed by atoms with E-state index in [9.17, 15) is 9.59 Å². The van der Waals surface area contributed by atoms with Gasteiger partial charge in [-0.1, -0.05) is 31.9 Å². The molecule has 0 fully saturated rings. The molecule has 2 aromatic carbocycles. The molecule has 0 bridgehead atoms. The van der Waals surface area contributed by atoms with Gasteiger partial charge in [-0.05, 0) is 61.7 Å². The predicted octanol–water partition coefficient (Wildman–Crippen LogP) is 5.00. The normalized spacial score (nSPS) is 10.4. The number of esters is 1. The molecule has 0 aliphatic rings. The van der Waals surface area contributed by atoms with Crippen molar-refractivity contribution in [3.05, 3.63) is 59.7 Å². The van der Waals surface area contributed by atoms with E-state index in [2.05, 4.69) is 12.2 Å². The minimum absolute atomic E-state index is 0.0659. The zero-order valence-electron chi connectivity index (χ0n) is 16.7. The number of rotatable bonds is 11. The number of hydrogen-bond donors (Lipinski definition) is 1. The Morgan fingerprint density at radius 1 is 0.929 bits per heavy atom. The molecule has 2 aromatic rings. The van der Waals surface area contributed by atoms with Crippen molar-refractivity contribution in [3.63, 3.8) is 0 Å². The fourth-order valence-electron chi connectivity index (χ4n) is 2.69. The topological polar surface area (TPSA) is 64.6 Å². The number of ether oxygens (including phenoxy) is 2. The van der Waals surface area contributed by atoms with Gasteiger partial charge >= 0.3 is 5.97 Å². The van der Waals surface area contributed by atoms with E-state index in [1.807, 2.05) is 31.2 Å². The first-order chi connectivity index (χ1) is 13.6. The maximum absolute atomic E-state index is 12.1. The van der Waals surface area contributed by atoms with Gasteiger partial charge in [0.15, 0.2) is 0 Å². The minimum Gasteiger partial charge on any atom is -0.494 e. The van der Waals surface area contributed by atoms with Crippen molar-refractivity contribution in [2.75, 3.05) is 18.5 Å². The Kier molecular flexibility index (Phi) is 9.05. The van der Waals surface area contributed by atoms with Gasteiger partial charge in [-0.3, -0.25) is 4.79 Å². The SMILES string of the molecule is CCCCCOC(=O)c1ccc(NC(=O)CCc2ccc(OCC)cc2)cc1. The maximum Gasteiger partial charge on any atom is 0.338 e. The van der Waals surface area contributed by atoms with Crippen LogP contribution in [0.1, 0.15) is 55.5 Å². The highest BCUT2D eigenvalue weighted by atomic mass is 16.5. The number of unbranched alkanes of at least 4 members (excludes halogenated alkanes) is 2. The van der Waals surface area contributed by atoms with Gasteiger partial charge in [0.25, 0.3) is 0 Å². The molecule has 0 saturated carbocycles. The molecule has 0 spiro atoms. The van der Waals surface area contributed by atoms with Crippen LogP contribution in [0, 0.1) is 0 Å². The molecule has 0 atom stereocenters. The molecule has 0 aromatic heterocycles. The lowest BCUT2D eigenvalue weighted by Gasteiger charge is -2.08. The van der Waals surface area contributed by atoms with Crippen molar-refractivity contribution in [2.45, 2.75) is 46.0 Å². The Labute approximate surface area is 167 Å². The summed E-state index contributed by atoms with van der Waals surface area (Å²) in [5, 5.41) is 2.85. The van der Waals surface area contributed by atoms with Gasteiger partial charge in [0.1, 0.15) is 5.75 Å². The fraction of sp³-hybridized carbons (Fsp3) is 0.391. The van der Waals surface area contributed by atoms with Crippen LogP contribution >= 0.6 is 0 Å². The summed E-state index contributed by atoms with van der Waals surface area (Å²) >= 11 is 0. The van der Waals surface area contributed by atoms with Crippen LogP contribution in [0.3, 0.4) is 0 Å². The van der Waals surface area contributed by atoms with Crippen LogP contribution in [0.5, 0.6) is 5.75 Å². The molecule has 150 valence electrons. The first kappa shape index (κ1) is 21.5. The second kappa shape index (κ2) is 11.8. The van der Waals surface area contributed by atoms with Crippen LogP contribution in [0.2, 0.25) is 0 Å². The van der Waals surface area contributed by atoms with E-state index >= 15 is 0 Å². The molecular weight excluding hydrogens is 354 g/mol. The number of aryl methyl sites for hydroxylation is 1. The van der Waals surface area contributed by atoms with Gasteiger partial charge in [0.2, 0.25) is 5.91 Å². The van der Waals surface area contributed by atoms with Crippen molar-refractivity contribution in [1.82, 2.24) is 0 Å². The third kappa shape index (κ3) is 7.43. The number of carbonyl (C=O) groups is 2. The second-order valence-corrected chi connectivity index (χ2v) is 6.55. The van der Waals surface area contributed by atoms with Crippen molar-refractivity contribution in [3.8, 4) is 5.75 Å². The molecule has 0 radical (unpaired) electrons. The average molecular weight is 383 g/mol. The standard InChI is InChI=1S/C23H29NO4/c1-3-5-6-17-28-23(26)19-10-12-20(13-11-19)24-22(25)16-9-18-7-14-21(15-8-18)27-4-2/h7-8,10-15H,3-6,9,16-17H2,1-2H3,(H,24,25). The lowest BCUT2D eigenvalue weighted by atomic mass is 10.1. The van der Waals surface area contributed by atoms with Gasteiger partial charge in [-0.2, -0.15) is 0 Å². The first-order valence-electron chi connectivity index (χ1n) is 9.91. The van der Waals surface area contributed by atoms with Gasteiger partial charge in [-0.15, -0.1) is 0 Å². The molecule has 0 saturated heterocycles. The molecule has 2 rings (SSSR count). The highest BCUT2D eigenvalue weighted by molar-refractivity contribution is 5.93. The number of amides is 1. The molecular formula is C23H29NO4. The van der Waals surface area contributed by atoms with Crippen LogP contribution in [0.25, 0.3) is 0 Å². The average Bonchev–Trinajstić information content (AvgIpc) is 2.71. The Morgan fingerprint density at radius 2 is 1.64 bits per heavy atom. The predicted molar refractivity (Wildman–Crippen MR) is 111 cm³/mol. The Hall–Kier alpha value is -2.82. The van der Waals surface area contributed by atoms with Crippen LogP contribution in [0.15, 0.2) is 48.5 Å². The van der Waals surface area contributed by atoms with E-state index in [4.69, 9.17) is 9.47 Å². The first-order valence-corrected chi connectivity index (χ1v) is 9.91. The van der Waals surface area contributed by atoms with Crippen molar-refractivity contribution < 1.29 is 19.1 Å². The van der Waals surface area contributed by atoms with Gasteiger partial charge in [0, 0.05) is 12.1 Å². The van der Waals surface area contributed by atoms with Crippen molar-refractivity contribution >= 4 is 17.6 Å². The van der Waals surface area contributed by atoms with Gasteiger partial charge < -0.3 is 14.8 Å². The third-order valence-electron chi connectivity index (χ3n) is 4.26. The zero-order valence-corrected chi connectivity index (χ0v) is 16.7. The van der Waals surface area contributed by atoms with E-state index < -0.39 is 0 Å². The highest BCUT2D eigenvalue weighted by Gasteiger charge is 2.08. The summed E-state index contributed by atoms with van der Waals surface area (Å²) in [6.07, 6.45) is 4.06. The number of anilines is 1. The molecule has 28 heavy (non-hydrogen) atoms. The van der Waals surface area contributed by atoms with Crippen LogP contribution in [-0.2, 0) is 16.0 Å². The monoisotopic (exact) mass is 383 g/mol. The molecule has 0 unspecified atom stereocenters. The van der Waals surface area contributed by atoms with E-state index in [-0.39, 0.29) is 11.9 Å². The number of benzene rings is 2. The van der Waals surface area contributed by atoms with Crippen molar-refractivity contribution in [1.29, 1.82) is 0 Å². The third-order valence-corrected chi connectivity index (χ3v) is 4.26. The molecule has 5 heteroatoms. The molecule has 1 N–H and O–H groups in total. The number of nitrogens with one attached hydrogen (secondary N) is 1. The molecule has 0 aliphatic heterocycles. The summed E-state index contributed by atoms with van der Waals surface area (Å²) in [4.78, 5) is 24.1. The number of carbonyl (C=O) groups excluding carboxylic acids is 2. The van der Waals surface area contributed by atoms with E-state index in [1.54, 1.807) is 24.3 Å². The summed E-state index contributed by atoms with van der Waals surface area (Å²) in [6, 6.07) is 14.6. The van der Waals surface area contributed by atoms with E-state index in [1.165, 1.54) is 0 Å². The lowest BCUT2D eigenvalue weighted by molar-refractivity contribution is -0.116. The van der Waals surface area contributed by atoms with Crippen LogP contribution < -0.4 is 10.1 Å².